The molecule has 0 radical (unpaired) electrons. The Hall–Kier alpha value is -1.09. The van der Waals surface area contributed by atoms with E-state index in [1.165, 1.54) is 0 Å². The predicted molar refractivity (Wildman–Crippen MR) is 47.3 cm³/mol. The molecule has 1 aromatic rings. The van der Waals surface area contributed by atoms with Crippen LogP contribution in [0.3, 0.4) is 0 Å². The van der Waals surface area contributed by atoms with E-state index in [9.17, 15) is 4.79 Å². The van der Waals surface area contributed by atoms with E-state index in [1.807, 2.05) is 12.1 Å². The topological polar surface area (TPSA) is 44.9 Å². The molecule has 0 amide bonds. The summed E-state index contributed by atoms with van der Waals surface area (Å²) in [5, 5.41) is 3.25. The standard InChI is InChI=1S/C9H12N2O/c12-9-8(2-1-4-11-9)7-3-5-10-6-7/h1-2,4,7,10H,3,5-6H2,(H,11,12). The van der Waals surface area contributed by atoms with Gasteiger partial charge in [-0.15, -0.1) is 0 Å². The van der Waals surface area contributed by atoms with Crippen LogP contribution in [-0.4, -0.2) is 18.1 Å². The zero-order valence-electron chi connectivity index (χ0n) is 6.84. The molecule has 1 aliphatic heterocycles. The maximum Gasteiger partial charge on any atom is 0.251 e. The summed E-state index contributed by atoms with van der Waals surface area (Å²) >= 11 is 0. The first kappa shape index (κ1) is 7.55. The summed E-state index contributed by atoms with van der Waals surface area (Å²) in [7, 11) is 0. The first-order valence-corrected chi connectivity index (χ1v) is 4.26. The van der Waals surface area contributed by atoms with E-state index >= 15 is 0 Å². The van der Waals surface area contributed by atoms with Crippen LogP contribution in [0.1, 0.15) is 17.9 Å². The smallest absolute Gasteiger partial charge is 0.251 e. The van der Waals surface area contributed by atoms with Crippen LogP contribution < -0.4 is 10.9 Å². The van der Waals surface area contributed by atoms with Crippen molar-refractivity contribution in [3.63, 3.8) is 0 Å². The van der Waals surface area contributed by atoms with Gasteiger partial charge in [0.05, 0.1) is 0 Å². The number of pyridine rings is 1. The molecule has 3 nitrogen and oxygen atoms in total. The highest BCUT2D eigenvalue weighted by Crippen LogP contribution is 2.17. The van der Waals surface area contributed by atoms with Gasteiger partial charge in [0.25, 0.3) is 5.56 Å². The quantitative estimate of drug-likeness (QED) is 0.633. The van der Waals surface area contributed by atoms with E-state index in [2.05, 4.69) is 10.3 Å². The van der Waals surface area contributed by atoms with Gasteiger partial charge in [0.1, 0.15) is 0 Å². The van der Waals surface area contributed by atoms with E-state index in [0.717, 1.165) is 25.1 Å². The minimum atomic E-state index is 0.0613. The average Bonchev–Trinajstić information content (AvgIpc) is 2.57. The monoisotopic (exact) mass is 164 g/mol. The zero-order chi connectivity index (χ0) is 8.39. The molecule has 0 aromatic carbocycles. The molecule has 0 bridgehead atoms. The fourth-order valence-electron chi connectivity index (χ4n) is 1.68. The number of hydrogen-bond acceptors (Lipinski definition) is 2. The van der Waals surface area contributed by atoms with Crippen molar-refractivity contribution >= 4 is 0 Å². The molecule has 1 unspecified atom stereocenters. The van der Waals surface area contributed by atoms with Crippen LogP contribution in [0.5, 0.6) is 0 Å². The highest BCUT2D eigenvalue weighted by atomic mass is 16.1. The summed E-state index contributed by atoms with van der Waals surface area (Å²) in [6.45, 7) is 1.96. The van der Waals surface area contributed by atoms with E-state index in [-0.39, 0.29) is 5.56 Å². The second-order valence-corrected chi connectivity index (χ2v) is 3.14. The van der Waals surface area contributed by atoms with Crippen LogP contribution >= 0.6 is 0 Å². The van der Waals surface area contributed by atoms with Crippen molar-refractivity contribution in [3.8, 4) is 0 Å². The fourth-order valence-corrected chi connectivity index (χ4v) is 1.68. The van der Waals surface area contributed by atoms with Crippen molar-refractivity contribution in [3.05, 3.63) is 34.2 Å². The summed E-state index contributed by atoms with van der Waals surface area (Å²) in [5.41, 5.74) is 0.980. The van der Waals surface area contributed by atoms with Crippen LogP contribution in [0.2, 0.25) is 0 Å². The van der Waals surface area contributed by atoms with Gasteiger partial charge in [-0.3, -0.25) is 4.79 Å². The van der Waals surface area contributed by atoms with Gasteiger partial charge in [0.2, 0.25) is 0 Å². The minimum absolute atomic E-state index is 0.0613. The van der Waals surface area contributed by atoms with Gasteiger partial charge in [-0.25, -0.2) is 0 Å². The van der Waals surface area contributed by atoms with Crippen LogP contribution in [0.15, 0.2) is 23.1 Å². The highest BCUT2D eigenvalue weighted by Gasteiger charge is 2.18. The number of H-pyrrole nitrogens is 1. The van der Waals surface area contributed by atoms with Crippen molar-refractivity contribution in [1.82, 2.24) is 10.3 Å². The van der Waals surface area contributed by atoms with E-state index in [4.69, 9.17) is 0 Å². The van der Waals surface area contributed by atoms with Gasteiger partial charge in [-0.05, 0) is 19.0 Å². The first-order chi connectivity index (χ1) is 5.88. The molecule has 12 heavy (non-hydrogen) atoms. The maximum absolute atomic E-state index is 11.3. The molecule has 1 atom stereocenters. The molecule has 3 heteroatoms. The Kier molecular flexibility index (Phi) is 1.96. The van der Waals surface area contributed by atoms with E-state index in [0.29, 0.717) is 5.92 Å². The largest absolute Gasteiger partial charge is 0.329 e. The van der Waals surface area contributed by atoms with Gasteiger partial charge >= 0.3 is 0 Å². The van der Waals surface area contributed by atoms with Crippen molar-refractivity contribution in [2.75, 3.05) is 13.1 Å². The summed E-state index contributed by atoms with van der Waals surface area (Å²) in [4.78, 5) is 14.0. The molecule has 1 aliphatic rings. The van der Waals surface area contributed by atoms with Crippen molar-refractivity contribution in [1.29, 1.82) is 0 Å². The molecule has 64 valence electrons. The third-order valence-corrected chi connectivity index (χ3v) is 2.35. The summed E-state index contributed by atoms with van der Waals surface area (Å²) in [6.07, 6.45) is 2.75. The van der Waals surface area contributed by atoms with Gasteiger partial charge in [-0.2, -0.15) is 0 Å². The lowest BCUT2D eigenvalue weighted by Gasteiger charge is -2.05. The zero-order valence-corrected chi connectivity index (χ0v) is 6.84. The second-order valence-electron chi connectivity index (χ2n) is 3.14. The van der Waals surface area contributed by atoms with Gasteiger partial charge in [0, 0.05) is 24.2 Å². The number of nitrogens with one attached hydrogen (secondary N) is 2. The Morgan fingerprint density at radius 2 is 2.42 bits per heavy atom. The predicted octanol–water partition coefficient (Wildman–Crippen LogP) is 0.452. The molecule has 1 saturated heterocycles. The van der Waals surface area contributed by atoms with Crippen molar-refractivity contribution < 1.29 is 0 Å². The van der Waals surface area contributed by atoms with E-state index < -0.39 is 0 Å². The maximum atomic E-state index is 11.3. The molecule has 0 saturated carbocycles. The normalized spacial score (nSPS) is 22.8. The Morgan fingerprint density at radius 3 is 3.08 bits per heavy atom. The molecule has 1 fully saturated rings. The van der Waals surface area contributed by atoms with Crippen LogP contribution in [0, 0.1) is 0 Å². The van der Waals surface area contributed by atoms with Crippen LogP contribution in [-0.2, 0) is 0 Å². The van der Waals surface area contributed by atoms with Crippen molar-refractivity contribution in [2.45, 2.75) is 12.3 Å². The Bertz CT molecular complexity index is 312. The average molecular weight is 164 g/mol. The molecule has 2 heterocycles. The molecular weight excluding hydrogens is 152 g/mol. The summed E-state index contributed by atoms with van der Waals surface area (Å²) in [6, 6.07) is 3.80. The molecule has 0 spiro atoms. The highest BCUT2D eigenvalue weighted by molar-refractivity contribution is 5.16. The SMILES string of the molecule is O=c1[nH]cccc1C1CCNC1. The first-order valence-electron chi connectivity index (χ1n) is 4.26. The number of rotatable bonds is 1. The van der Waals surface area contributed by atoms with Gasteiger partial charge in [0.15, 0.2) is 0 Å². The summed E-state index contributed by atoms with van der Waals surface area (Å²) in [5.74, 6) is 0.412. The lowest BCUT2D eigenvalue weighted by molar-refractivity contribution is 0.750. The van der Waals surface area contributed by atoms with Gasteiger partial charge in [-0.1, -0.05) is 6.07 Å². The number of aromatic amines is 1. The Labute approximate surface area is 70.8 Å². The van der Waals surface area contributed by atoms with Crippen LogP contribution in [0.25, 0.3) is 0 Å². The van der Waals surface area contributed by atoms with Gasteiger partial charge < -0.3 is 10.3 Å². The Balaban J connectivity index is 2.32. The molecule has 1 aromatic heterocycles. The van der Waals surface area contributed by atoms with Crippen molar-refractivity contribution in [2.24, 2.45) is 0 Å². The fraction of sp³-hybridized carbons (Fsp3) is 0.444. The molecule has 2 rings (SSSR count). The minimum Gasteiger partial charge on any atom is -0.329 e. The summed E-state index contributed by atoms with van der Waals surface area (Å²) < 4.78 is 0. The lowest BCUT2D eigenvalue weighted by Crippen LogP contribution is -2.17. The third kappa shape index (κ3) is 1.28. The third-order valence-electron chi connectivity index (χ3n) is 2.35. The molecular formula is C9H12N2O. The van der Waals surface area contributed by atoms with Crippen LogP contribution in [0.4, 0.5) is 0 Å². The number of hydrogen-bond donors (Lipinski definition) is 2. The molecule has 0 aliphatic carbocycles. The van der Waals surface area contributed by atoms with E-state index in [1.54, 1.807) is 6.20 Å². The second kappa shape index (κ2) is 3.11. The molecule has 2 N–H and O–H groups in total. The lowest BCUT2D eigenvalue weighted by atomic mass is 10.0. The Morgan fingerprint density at radius 1 is 1.50 bits per heavy atom. The number of aromatic nitrogens is 1.